The van der Waals surface area contributed by atoms with Gasteiger partial charge >= 0.3 is 0 Å². The molecule has 0 saturated carbocycles. The Bertz CT molecular complexity index is 392. The Kier molecular flexibility index (Phi) is 2.93. The van der Waals surface area contributed by atoms with Crippen LogP contribution in [0.2, 0.25) is 5.02 Å². The smallest absolute Gasteiger partial charge is 0.227 e. The number of nitrogens with two attached hydrogens (primary N) is 1. The van der Waals surface area contributed by atoms with E-state index < -0.39 is 0 Å². The first-order valence-corrected chi connectivity index (χ1v) is 5.38. The molecule has 1 aromatic carbocycles. The number of hydrogen-bond acceptors (Lipinski definition) is 2. The molecule has 15 heavy (non-hydrogen) atoms. The summed E-state index contributed by atoms with van der Waals surface area (Å²) in [5.41, 5.74) is 7.44. The maximum Gasteiger partial charge on any atom is 0.227 e. The maximum atomic E-state index is 11.6. The van der Waals surface area contributed by atoms with E-state index in [0.29, 0.717) is 11.6 Å². The monoisotopic (exact) mass is 224 g/mol. The largest absolute Gasteiger partial charge is 0.330 e. The van der Waals surface area contributed by atoms with E-state index in [1.807, 2.05) is 12.1 Å². The van der Waals surface area contributed by atoms with E-state index in [1.165, 1.54) is 0 Å². The molecular formula is C11H13ClN2O. The number of carbonyl (C=O) groups excluding carboxylic acids is 1. The number of rotatable bonds is 2. The van der Waals surface area contributed by atoms with Crippen molar-refractivity contribution in [2.45, 2.75) is 12.8 Å². The number of benzene rings is 1. The summed E-state index contributed by atoms with van der Waals surface area (Å²) in [5.74, 6) is 0.0521. The number of anilines is 1. The van der Waals surface area contributed by atoms with Crippen molar-refractivity contribution in [3.8, 4) is 0 Å². The van der Waals surface area contributed by atoms with Gasteiger partial charge in [-0.15, -0.1) is 0 Å². The summed E-state index contributed by atoms with van der Waals surface area (Å²) in [4.78, 5) is 11.6. The number of nitrogens with one attached hydrogen (secondary N) is 1. The van der Waals surface area contributed by atoms with Crippen LogP contribution in [0.1, 0.15) is 12.0 Å². The van der Waals surface area contributed by atoms with Gasteiger partial charge in [-0.3, -0.25) is 4.79 Å². The van der Waals surface area contributed by atoms with Gasteiger partial charge in [-0.25, -0.2) is 0 Å². The first-order valence-electron chi connectivity index (χ1n) is 5.00. The molecule has 0 radical (unpaired) electrons. The fraction of sp³-hybridized carbons (Fsp3) is 0.364. The van der Waals surface area contributed by atoms with Crippen LogP contribution in [0.3, 0.4) is 0 Å². The van der Waals surface area contributed by atoms with Crippen LogP contribution in [0.25, 0.3) is 0 Å². The SMILES string of the molecule is NCCC1Cc2cc(Cl)ccc2NC1=O. The summed E-state index contributed by atoms with van der Waals surface area (Å²) < 4.78 is 0. The van der Waals surface area contributed by atoms with Gasteiger partial charge in [0, 0.05) is 16.6 Å². The highest BCUT2D eigenvalue weighted by molar-refractivity contribution is 6.30. The van der Waals surface area contributed by atoms with Crippen molar-refractivity contribution in [3.63, 3.8) is 0 Å². The van der Waals surface area contributed by atoms with E-state index in [2.05, 4.69) is 5.32 Å². The number of carbonyl (C=O) groups is 1. The van der Waals surface area contributed by atoms with Crippen molar-refractivity contribution >= 4 is 23.2 Å². The predicted molar refractivity (Wildman–Crippen MR) is 60.9 cm³/mol. The van der Waals surface area contributed by atoms with Crippen molar-refractivity contribution in [2.24, 2.45) is 11.7 Å². The van der Waals surface area contributed by atoms with Gasteiger partial charge in [0.15, 0.2) is 0 Å². The second kappa shape index (κ2) is 4.21. The third-order valence-corrected chi connectivity index (χ3v) is 2.91. The van der Waals surface area contributed by atoms with Gasteiger partial charge < -0.3 is 11.1 Å². The summed E-state index contributed by atoms with van der Waals surface area (Å²) in [6.45, 7) is 0.536. The van der Waals surface area contributed by atoms with E-state index in [9.17, 15) is 4.79 Å². The Morgan fingerprint density at radius 1 is 1.53 bits per heavy atom. The first kappa shape index (κ1) is 10.5. The molecule has 1 aliphatic rings. The molecule has 3 nitrogen and oxygen atoms in total. The van der Waals surface area contributed by atoms with Crippen LogP contribution < -0.4 is 11.1 Å². The molecule has 0 aromatic heterocycles. The molecule has 1 unspecified atom stereocenters. The van der Waals surface area contributed by atoms with E-state index in [0.717, 1.165) is 24.1 Å². The summed E-state index contributed by atoms with van der Waals surface area (Å²) in [5, 5.41) is 3.57. The zero-order chi connectivity index (χ0) is 10.8. The van der Waals surface area contributed by atoms with Crippen LogP contribution in [0.15, 0.2) is 18.2 Å². The lowest BCUT2D eigenvalue weighted by Gasteiger charge is -2.24. The molecule has 0 bridgehead atoms. The number of fused-ring (bicyclic) bond motifs is 1. The summed E-state index contributed by atoms with van der Waals surface area (Å²) in [6.07, 6.45) is 1.46. The molecule has 1 atom stereocenters. The zero-order valence-corrected chi connectivity index (χ0v) is 9.05. The highest BCUT2D eigenvalue weighted by Gasteiger charge is 2.25. The van der Waals surface area contributed by atoms with Gasteiger partial charge in [-0.05, 0) is 43.1 Å². The van der Waals surface area contributed by atoms with Crippen LogP contribution in [0.5, 0.6) is 0 Å². The normalized spacial score (nSPS) is 19.6. The minimum absolute atomic E-state index is 0.0130. The van der Waals surface area contributed by atoms with Gasteiger partial charge in [0.05, 0.1) is 0 Å². The average molecular weight is 225 g/mol. The highest BCUT2D eigenvalue weighted by atomic mass is 35.5. The Balaban J connectivity index is 2.26. The lowest BCUT2D eigenvalue weighted by Crippen LogP contribution is -2.31. The van der Waals surface area contributed by atoms with E-state index in [1.54, 1.807) is 6.07 Å². The van der Waals surface area contributed by atoms with Crippen molar-refractivity contribution in [3.05, 3.63) is 28.8 Å². The van der Waals surface area contributed by atoms with Crippen LogP contribution in [-0.4, -0.2) is 12.5 Å². The molecule has 0 spiro atoms. The molecule has 0 saturated heterocycles. The van der Waals surface area contributed by atoms with E-state index in [4.69, 9.17) is 17.3 Å². The van der Waals surface area contributed by atoms with Gasteiger partial charge in [0.1, 0.15) is 0 Å². The van der Waals surface area contributed by atoms with Crippen LogP contribution in [0.4, 0.5) is 5.69 Å². The molecule has 80 valence electrons. The Hall–Kier alpha value is -1.06. The zero-order valence-electron chi connectivity index (χ0n) is 8.29. The minimum atomic E-state index is -0.0130. The number of halogens is 1. The highest BCUT2D eigenvalue weighted by Crippen LogP contribution is 2.29. The number of amides is 1. The van der Waals surface area contributed by atoms with Gasteiger partial charge in [-0.1, -0.05) is 11.6 Å². The quantitative estimate of drug-likeness (QED) is 0.805. The Labute approximate surface area is 93.6 Å². The molecule has 0 fully saturated rings. The summed E-state index contributed by atoms with van der Waals surface area (Å²) in [6, 6.07) is 5.53. The summed E-state index contributed by atoms with van der Waals surface area (Å²) >= 11 is 5.90. The molecule has 1 amide bonds. The summed E-state index contributed by atoms with van der Waals surface area (Å²) in [7, 11) is 0. The van der Waals surface area contributed by atoms with E-state index in [-0.39, 0.29) is 11.8 Å². The van der Waals surface area contributed by atoms with Gasteiger partial charge in [0.25, 0.3) is 0 Å². The fourth-order valence-corrected chi connectivity index (χ4v) is 2.08. The molecule has 4 heteroatoms. The van der Waals surface area contributed by atoms with Crippen molar-refractivity contribution in [1.29, 1.82) is 0 Å². The lowest BCUT2D eigenvalue weighted by atomic mass is 9.91. The maximum absolute atomic E-state index is 11.6. The topological polar surface area (TPSA) is 55.1 Å². The molecule has 1 aromatic rings. The van der Waals surface area contributed by atoms with Gasteiger partial charge in [-0.2, -0.15) is 0 Å². The molecule has 0 aliphatic carbocycles. The second-order valence-corrected chi connectivity index (χ2v) is 4.21. The Morgan fingerprint density at radius 2 is 2.33 bits per heavy atom. The molecule has 1 heterocycles. The minimum Gasteiger partial charge on any atom is -0.330 e. The molecule has 2 rings (SSSR count). The fourth-order valence-electron chi connectivity index (χ4n) is 1.88. The van der Waals surface area contributed by atoms with Crippen molar-refractivity contribution in [1.82, 2.24) is 0 Å². The number of hydrogen-bond donors (Lipinski definition) is 2. The third kappa shape index (κ3) is 2.13. The molecular weight excluding hydrogens is 212 g/mol. The first-order chi connectivity index (χ1) is 7.20. The van der Waals surface area contributed by atoms with Crippen LogP contribution >= 0.6 is 11.6 Å². The third-order valence-electron chi connectivity index (χ3n) is 2.68. The molecule has 3 N–H and O–H groups in total. The van der Waals surface area contributed by atoms with Gasteiger partial charge in [0.2, 0.25) is 5.91 Å². The van der Waals surface area contributed by atoms with Crippen molar-refractivity contribution < 1.29 is 4.79 Å². The van der Waals surface area contributed by atoms with Crippen LogP contribution in [0, 0.1) is 5.92 Å². The second-order valence-electron chi connectivity index (χ2n) is 3.77. The van der Waals surface area contributed by atoms with Crippen molar-refractivity contribution in [2.75, 3.05) is 11.9 Å². The van der Waals surface area contributed by atoms with E-state index >= 15 is 0 Å². The Morgan fingerprint density at radius 3 is 3.07 bits per heavy atom. The molecule has 1 aliphatic heterocycles. The predicted octanol–water partition coefficient (Wildman–Crippen LogP) is 1.80. The van der Waals surface area contributed by atoms with Crippen LogP contribution in [-0.2, 0) is 11.2 Å². The lowest BCUT2D eigenvalue weighted by molar-refractivity contribution is -0.120. The average Bonchev–Trinajstić information content (AvgIpc) is 2.20. The standard InChI is InChI=1S/C11H13ClN2O/c12-9-1-2-10-8(6-9)5-7(3-4-13)11(15)14-10/h1-2,6-7H,3-5,13H2,(H,14,15).